The molecule has 2 aromatic carbocycles. The van der Waals surface area contributed by atoms with Crippen molar-refractivity contribution in [1.82, 2.24) is 9.80 Å². The van der Waals surface area contributed by atoms with Crippen molar-refractivity contribution in [2.75, 3.05) is 46.1 Å². The molecule has 1 atom stereocenters. The van der Waals surface area contributed by atoms with Gasteiger partial charge in [0.15, 0.2) is 11.5 Å². The maximum Gasteiger partial charge on any atom is 0.231 e. The summed E-state index contributed by atoms with van der Waals surface area (Å²) in [6.45, 7) is 6.00. The predicted molar refractivity (Wildman–Crippen MR) is 110 cm³/mol. The van der Waals surface area contributed by atoms with Crippen LogP contribution in [0.4, 0.5) is 0 Å². The smallest absolute Gasteiger partial charge is 0.231 e. The Balaban J connectivity index is 1.18. The van der Waals surface area contributed by atoms with Crippen LogP contribution in [0.1, 0.15) is 5.56 Å². The lowest BCUT2D eigenvalue weighted by atomic mass is 10.1. The summed E-state index contributed by atoms with van der Waals surface area (Å²) in [7, 11) is 0. The minimum absolute atomic E-state index is 0.305. The molecule has 2 aromatic rings. The van der Waals surface area contributed by atoms with E-state index in [1.165, 1.54) is 5.56 Å². The van der Waals surface area contributed by atoms with E-state index < -0.39 is 6.10 Å². The van der Waals surface area contributed by atoms with Crippen LogP contribution >= 0.6 is 15.9 Å². The fourth-order valence-electron chi connectivity index (χ4n) is 3.50. The van der Waals surface area contributed by atoms with Crippen LogP contribution in [0, 0.1) is 0 Å². The number of fused-ring (bicyclic) bond motifs is 1. The monoisotopic (exact) mass is 448 g/mol. The summed E-state index contributed by atoms with van der Waals surface area (Å²) >= 11 is 3.40. The van der Waals surface area contributed by atoms with Crippen LogP contribution in [-0.4, -0.2) is 67.1 Å². The first kappa shape index (κ1) is 19.5. The van der Waals surface area contributed by atoms with E-state index in [2.05, 4.69) is 37.9 Å². The van der Waals surface area contributed by atoms with Crippen molar-refractivity contribution < 1.29 is 19.3 Å². The zero-order valence-electron chi connectivity index (χ0n) is 15.7. The Morgan fingerprint density at radius 1 is 0.964 bits per heavy atom. The third-order valence-corrected chi connectivity index (χ3v) is 5.56. The number of benzene rings is 2. The molecule has 0 aliphatic carbocycles. The molecule has 2 aliphatic heterocycles. The molecular formula is C21H25BrN2O4. The lowest BCUT2D eigenvalue weighted by Crippen LogP contribution is -2.48. The largest absolute Gasteiger partial charge is 0.491 e. The number of β-amino-alcohol motifs (C(OH)–C–C–N with tert-alkyl or cyclic N) is 1. The average molecular weight is 449 g/mol. The Morgan fingerprint density at radius 3 is 2.46 bits per heavy atom. The van der Waals surface area contributed by atoms with Gasteiger partial charge in [-0.3, -0.25) is 9.80 Å². The minimum Gasteiger partial charge on any atom is -0.491 e. The number of hydrogen-bond acceptors (Lipinski definition) is 6. The molecule has 0 amide bonds. The molecule has 150 valence electrons. The second-order valence-electron chi connectivity index (χ2n) is 7.18. The molecule has 0 saturated carbocycles. The van der Waals surface area contributed by atoms with E-state index in [9.17, 15) is 5.11 Å². The Hall–Kier alpha value is -1.80. The van der Waals surface area contributed by atoms with Gasteiger partial charge in [0.2, 0.25) is 6.79 Å². The Morgan fingerprint density at radius 2 is 1.68 bits per heavy atom. The summed E-state index contributed by atoms with van der Waals surface area (Å²) < 4.78 is 17.5. The number of aliphatic hydroxyl groups is 1. The SMILES string of the molecule is OC(COc1ccc(Br)cc1)CN1CCN(Cc2ccc3c(c2)OCO3)CC1. The molecule has 28 heavy (non-hydrogen) atoms. The second kappa shape index (κ2) is 9.13. The van der Waals surface area contributed by atoms with E-state index in [1.54, 1.807) is 0 Å². The van der Waals surface area contributed by atoms with Crippen molar-refractivity contribution in [3.05, 3.63) is 52.5 Å². The van der Waals surface area contributed by atoms with Crippen LogP contribution in [-0.2, 0) is 6.54 Å². The van der Waals surface area contributed by atoms with E-state index in [4.69, 9.17) is 14.2 Å². The lowest BCUT2D eigenvalue weighted by molar-refractivity contribution is 0.0446. The fraction of sp³-hybridized carbons (Fsp3) is 0.429. The maximum absolute atomic E-state index is 10.3. The number of piperazine rings is 1. The molecule has 1 unspecified atom stereocenters. The van der Waals surface area contributed by atoms with Crippen molar-refractivity contribution in [1.29, 1.82) is 0 Å². The van der Waals surface area contributed by atoms with Gasteiger partial charge in [-0.15, -0.1) is 0 Å². The average Bonchev–Trinajstić information content (AvgIpc) is 3.17. The highest BCUT2D eigenvalue weighted by Gasteiger charge is 2.20. The van der Waals surface area contributed by atoms with Crippen LogP contribution in [0.15, 0.2) is 46.9 Å². The number of halogens is 1. The topological polar surface area (TPSA) is 54.4 Å². The van der Waals surface area contributed by atoms with Gasteiger partial charge in [0.05, 0.1) is 0 Å². The number of ether oxygens (including phenoxy) is 3. The first-order chi connectivity index (χ1) is 13.7. The molecule has 1 fully saturated rings. The van der Waals surface area contributed by atoms with Gasteiger partial charge in [-0.2, -0.15) is 0 Å². The Kier molecular flexibility index (Phi) is 6.36. The first-order valence-electron chi connectivity index (χ1n) is 9.55. The number of nitrogens with zero attached hydrogens (tertiary/aromatic N) is 2. The van der Waals surface area contributed by atoms with Crippen molar-refractivity contribution in [3.63, 3.8) is 0 Å². The molecular weight excluding hydrogens is 424 g/mol. The van der Waals surface area contributed by atoms with E-state index in [0.29, 0.717) is 19.9 Å². The van der Waals surface area contributed by atoms with E-state index in [-0.39, 0.29) is 0 Å². The van der Waals surface area contributed by atoms with Gasteiger partial charge < -0.3 is 19.3 Å². The van der Waals surface area contributed by atoms with Gasteiger partial charge in [0.1, 0.15) is 18.5 Å². The molecule has 0 bridgehead atoms. The summed E-state index contributed by atoms with van der Waals surface area (Å²) in [5.74, 6) is 2.44. The predicted octanol–water partition coefficient (Wildman–Crippen LogP) is 2.74. The molecule has 6 nitrogen and oxygen atoms in total. The van der Waals surface area contributed by atoms with Crippen LogP contribution < -0.4 is 14.2 Å². The standard InChI is InChI=1S/C21H25BrN2O4/c22-17-2-4-19(5-3-17)26-14-18(25)13-24-9-7-23(8-10-24)12-16-1-6-20-21(11-16)28-15-27-20/h1-6,11,18,25H,7-10,12-15H2. The van der Waals surface area contributed by atoms with Gasteiger partial charge in [0, 0.05) is 43.7 Å². The summed E-state index contributed by atoms with van der Waals surface area (Å²) in [5.41, 5.74) is 1.24. The summed E-state index contributed by atoms with van der Waals surface area (Å²) in [4.78, 5) is 4.73. The number of rotatable bonds is 7. The second-order valence-corrected chi connectivity index (χ2v) is 8.10. The highest BCUT2D eigenvalue weighted by molar-refractivity contribution is 9.10. The Bertz CT molecular complexity index is 778. The molecule has 1 saturated heterocycles. The van der Waals surface area contributed by atoms with Crippen LogP contribution in [0.3, 0.4) is 0 Å². The van der Waals surface area contributed by atoms with E-state index >= 15 is 0 Å². The Labute approximate surface area is 173 Å². The summed E-state index contributed by atoms with van der Waals surface area (Å²) in [5, 5.41) is 10.3. The molecule has 0 radical (unpaired) electrons. The van der Waals surface area contributed by atoms with Gasteiger partial charge >= 0.3 is 0 Å². The zero-order chi connectivity index (χ0) is 19.3. The van der Waals surface area contributed by atoms with Crippen molar-refractivity contribution >= 4 is 15.9 Å². The third kappa shape index (κ3) is 5.17. The van der Waals surface area contributed by atoms with Crippen molar-refractivity contribution in [2.24, 2.45) is 0 Å². The lowest BCUT2D eigenvalue weighted by Gasteiger charge is -2.35. The molecule has 0 aromatic heterocycles. The molecule has 7 heteroatoms. The highest BCUT2D eigenvalue weighted by Crippen LogP contribution is 2.32. The van der Waals surface area contributed by atoms with E-state index in [1.807, 2.05) is 30.3 Å². The fourth-order valence-corrected chi connectivity index (χ4v) is 3.77. The molecule has 4 rings (SSSR count). The van der Waals surface area contributed by atoms with Gasteiger partial charge in [-0.05, 0) is 42.0 Å². The van der Waals surface area contributed by atoms with E-state index in [0.717, 1.165) is 54.4 Å². The molecule has 2 aliphatic rings. The first-order valence-corrected chi connectivity index (χ1v) is 10.3. The van der Waals surface area contributed by atoms with Gasteiger partial charge in [0.25, 0.3) is 0 Å². The zero-order valence-corrected chi connectivity index (χ0v) is 17.3. The van der Waals surface area contributed by atoms with Gasteiger partial charge in [-0.1, -0.05) is 22.0 Å². The normalized spacial score (nSPS) is 18.2. The molecule has 2 heterocycles. The number of hydrogen-bond donors (Lipinski definition) is 1. The minimum atomic E-state index is -0.496. The van der Waals surface area contributed by atoms with Crippen LogP contribution in [0.25, 0.3) is 0 Å². The van der Waals surface area contributed by atoms with Crippen LogP contribution in [0.5, 0.6) is 17.2 Å². The highest BCUT2D eigenvalue weighted by atomic mass is 79.9. The van der Waals surface area contributed by atoms with Gasteiger partial charge in [-0.25, -0.2) is 0 Å². The molecule has 1 N–H and O–H groups in total. The van der Waals surface area contributed by atoms with Crippen molar-refractivity contribution in [2.45, 2.75) is 12.6 Å². The third-order valence-electron chi connectivity index (χ3n) is 5.03. The van der Waals surface area contributed by atoms with Crippen molar-refractivity contribution in [3.8, 4) is 17.2 Å². The summed E-state index contributed by atoms with van der Waals surface area (Å²) in [6, 6.07) is 13.8. The number of aliphatic hydroxyl groups excluding tert-OH is 1. The molecule has 0 spiro atoms. The van der Waals surface area contributed by atoms with Crippen LogP contribution in [0.2, 0.25) is 0 Å². The maximum atomic E-state index is 10.3. The quantitative estimate of drug-likeness (QED) is 0.702. The summed E-state index contributed by atoms with van der Waals surface area (Å²) in [6.07, 6.45) is -0.496.